The van der Waals surface area contributed by atoms with Crippen molar-refractivity contribution in [3.63, 3.8) is 0 Å². The van der Waals surface area contributed by atoms with Crippen LogP contribution < -0.4 is 15.1 Å². The molecule has 2 aliphatic heterocycles. The monoisotopic (exact) mass is 366 g/mol. The van der Waals surface area contributed by atoms with E-state index in [1.165, 1.54) is 12.8 Å². The van der Waals surface area contributed by atoms with Crippen LogP contribution in [0.25, 0.3) is 0 Å². The van der Waals surface area contributed by atoms with E-state index < -0.39 is 0 Å². The van der Waals surface area contributed by atoms with Crippen LogP contribution >= 0.6 is 0 Å². The second kappa shape index (κ2) is 8.33. The highest BCUT2D eigenvalue weighted by Crippen LogP contribution is 2.25. The van der Waals surface area contributed by atoms with Gasteiger partial charge in [0.2, 0.25) is 5.91 Å². The van der Waals surface area contributed by atoms with Gasteiger partial charge in [-0.25, -0.2) is 9.97 Å². The Bertz CT molecular complexity index is 754. The average molecular weight is 366 g/mol. The van der Waals surface area contributed by atoms with Crippen molar-refractivity contribution in [3.05, 3.63) is 42.5 Å². The van der Waals surface area contributed by atoms with Crippen LogP contribution in [0.3, 0.4) is 0 Å². The minimum absolute atomic E-state index is 0.0674. The zero-order valence-electron chi connectivity index (χ0n) is 15.5. The summed E-state index contributed by atoms with van der Waals surface area (Å²) in [6.45, 7) is 4.39. The summed E-state index contributed by atoms with van der Waals surface area (Å²) < 4.78 is 0. The second-order valence-corrected chi connectivity index (χ2v) is 7.27. The predicted molar refractivity (Wildman–Crippen MR) is 104 cm³/mol. The summed E-state index contributed by atoms with van der Waals surface area (Å²) in [6.07, 6.45) is 9.36. The van der Waals surface area contributed by atoms with Crippen LogP contribution in [0.2, 0.25) is 0 Å². The number of nitrogens with one attached hydrogen (secondary N) is 1. The average Bonchev–Trinajstić information content (AvgIpc) is 3.28. The molecule has 0 aliphatic carbocycles. The van der Waals surface area contributed by atoms with Crippen molar-refractivity contribution >= 4 is 17.5 Å². The van der Waals surface area contributed by atoms with E-state index in [-0.39, 0.29) is 11.8 Å². The topological polar surface area (TPSA) is 74.2 Å². The van der Waals surface area contributed by atoms with Gasteiger partial charge in [-0.05, 0) is 37.3 Å². The molecule has 1 amide bonds. The number of anilines is 2. The predicted octanol–water partition coefficient (Wildman–Crippen LogP) is 2.00. The van der Waals surface area contributed by atoms with Crippen molar-refractivity contribution in [2.45, 2.75) is 32.2 Å². The molecule has 2 saturated heterocycles. The molecular formula is C20H26N6O. The Morgan fingerprint density at radius 3 is 2.44 bits per heavy atom. The van der Waals surface area contributed by atoms with Crippen molar-refractivity contribution in [2.24, 2.45) is 5.92 Å². The molecule has 0 radical (unpaired) electrons. The molecule has 1 N–H and O–H groups in total. The number of carbonyl (C=O) groups is 1. The van der Waals surface area contributed by atoms with E-state index in [2.05, 4.69) is 36.1 Å². The minimum atomic E-state index is 0.0674. The molecular weight excluding hydrogens is 340 g/mol. The number of hydrogen-bond donors (Lipinski definition) is 1. The first kappa shape index (κ1) is 17.7. The quantitative estimate of drug-likeness (QED) is 0.873. The summed E-state index contributed by atoms with van der Waals surface area (Å²) >= 11 is 0. The SMILES string of the molecule is O=C(NCc1cccnc1)C1CCN(c2cc(N3CCCC3)ncn2)CC1. The summed E-state index contributed by atoms with van der Waals surface area (Å²) in [5.41, 5.74) is 1.03. The van der Waals surface area contributed by atoms with Gasteiger partial charge in [-0.3, -0.25) is 9.78 Å². The molecule has 2 fully saturated rings. The van der Waals surface area contributed by atoms with Crippen molar-refractivity contribution < 1.29 is 4.79 Å². The maximum absolute atomic E-state index is 12.5. The first-order valence-electron chi connectivity index (χ1n) is 9.78. The molecule has 0 bridgehead atoms. The molecule has 0 aromatic carbocycles. The largest absolute Gasteiger partial charge is 0.356 e. The Balaban J connectivity index is 1.29. The van der Waals surface area contributed by atoms with Crippen LogP contribution in [0.4, 0.5) is 11.6 Å². The summed E-state index contributed by atoms with van der Waals surface area (Å²) in [6, 6.07) is 5.95. The summed E-state index contributed by atoms with van der Waals surface area (Å²) in [5.74, 6) is 2.20. The molecule has 7 heteroatoms. The fourth-order valence-electron chi connectivity index (χ4n) is 3.84. The molecule has 2 aromatic rings. The number of amides is 1. The lowest BCUT2D eigenvalue weighted by molar-refractivity contribution is -0.125. The van der Waals surface area contributed by atoms with Gasteiger partial charge in [0.05, 0.1) is 0 Å². The summed E-state index contributed by atoms with van der Waals surface area (Å²) in [5, 5.41) is 3.04. The normalized spacial score (nSPS) is 17.9. The second-order valence-electron chi connectivity index (χ2n) is 7.27. The van der Waals surface area contributed by atoms with Crippen molar-refractivity contribution in [3.8, 4) is 0 Å². The lowest BCUT2D eigenvalue weighted by Crippen LogP contribution is -2.40. The van der Waals surface area contributed by atoms with Gasteiger partial charge in [0.25, 0.3) is 0 Å². The standard InChI is InChI=1S/C20H26N6O/c27-20(22-14-16-4-3-7-21-13-16)17-5-10-26(11-6-17)19-12-18(23-15-24-19)25-8-1-2-9-25/h3-4,7,12-13,15,17H,1-2,5-6,8-11,14H2,(H,22,27). The molecule has 0 saturated carbocycles. The van der Waals surface area contributed by atoms with Gasteiger partial charge in [-0.2, -0.15) is 0 Å². The first-order valence-corrected chi connectivity index (χ1v) is 9.78. The zero-order valence-corrected chi connectivity index (χ0v) is 15.5. The van der Waals surface area contributed by atoms with E-state index in [4.69, 9.17) is 0 Å². The Morgan fingerprint density at radius 1 is 1.07 bits per heavy atom. The summed E-state index contributed by atoms with van der Waals surface area (Å²) in [7, 11) is 0. The van der Waals surface area contributed by atoms with Crippen molar-refractivity contribution in [1.29, 1.82) is 0 Å². The van der Waals surface area contributed by atoms with Crippen LogP contribution in [0, 0.1) is 5.92 Å². The van der Waals surface area contributed by atoms with Crippen LogP contribution in [0.1, 0.15) is 31.2 Å². The van der Waals surface area contributed by atoms with Gasteiger partial charge in [0.1, 0.15) is 18.0 Å². The Labute approximate surface area is 159 Å². The van der Waals surface area contributed by atoms with E-state index in [1.54, 1.807) is 18.7 Å². The maximum atomic E-state index is 12.5. The van der Waals surface area contributed by atoms with Gasteiger partial charge >= 0.3 is 0 Å². The summed E-state index contributed by atoms with van der Waals surface area (Å²) in [4.78, 5) is 30.0. The molecule has 4 heterocycles. The molecule has 0 unspecified atom stereocenters. The fraction of sp³-hybridized carbons (Fsp3) is 0.500. The zero-order chi connectivity index (χ0) is 18.5. The van der Waals surface area contributed by atoms with Crippen LogP contribution in [0.15, 0.2) is 36.9 Å². The number of nitrogens with zero attached hydrogens (tertiary/aromatic N) is 5. The molecule has 2 aromatic heterocycles. The number of piperidine rings is 1. The number of carbonyl (C=O) groups excluding carboxylic acids is 1. The molecule has 7 nitrogen and oxygen atoms in total. The Hall–Kier alpha value is -2.70. The third-order valence-electron chi connectivity index (χ3n) is 5.45. The lowest BCUT2D eigenvalue weighted by Gasteiger charge is -2.32. The number of hydrogen-bond acceptors (Lipinski definition) is 6. The third kappa shape index (κ3) is 4.35. The Morgan fingerprint density at radius 2 is 1.78 bits per heavy atom. The Kier molecular flexibility index (Phi) is 5.46. The fourth-order valence-corrected chi connectivity index (χ4v) is 3.84. The van der Waals surface area contributed by atoms with E-state index in [1.807, 2.05) is 12.1 Å². The van der Waals surface area contributed by atoms with Crippen LogP contribution in [0.5, 0.6) is 0 Å². The van der Waals surface area contributed by atoms with Crippen molar-refractivity contribution in [1.82, 2.24) is 20.3 Å². The van der Waals surface area contributed by atoms with Crippen LogP contribution in [-0.2, 0) is 11.3 Å². The smallest absolute Gasteiger partial charge is 0.223 e. The highest BCUT2D eigenvalue weighted by Gasteiger charge is 2.26. The van der Waals surface area contributed by atoms with E-state index in [0.717, 1.165) is 56.2 Å². The molecule has 142 valence electrons. The first-order chi connectivity index (χ1) is 13.3. The van der Waals surface area contributed by atoms with Gasteiger partial charge in [0.15, 0.2) is 0 Å². The molecule has 27 heavy (non-hydrogen) atoms. The minimum Gasteiger partial charge on any atom is -0.356 e. The number of aromatic nitrogens is 3. The highest BCUT2D eigenvalue weighted by molar-refractivity contribution is 5.79. The maximum Gasteiger partial charge on any atom is 0.223 e. The van der Waals surface area contributed by atoms with Gasteiger partial charge in [-0.15, -0.1) is 0 Å². The highest BCUT2D eigenvalue weighted by atomic mass is 16.1. The number of rotatable bonds is 5. The molecule has 4 rings (SSSR count). The molecule has 0 spiro atoms. The van der Waals surface area contributed by atoms with Gasteiger partial charge in [0, 0.05) is 57.1 Å². The van der Waals surface area contributed by atoms with E-state index in [0.29, 0.717) is 6.54 Å². The van der Waals surface area contributed by atoms with Gasteiger partial charge in [-0.1, -0.05) is 6.07 Å². The lowest BCUT2D eigenvalue weighted by atomic mass is 9.96. The molecule has 2 aliphatic rings. The molecule has 0 atom stereocenters. The van der Waals surface area contributed by atoms with Gasteiger partial charge < -0.3 is 15.1 Å². The van der Waals surface area contributed by atoms with Crippen molar-refractivity contribution in [2.75, 3.05) is 36.0 Å². The number of pyridine rings is 1. The third-order valence-corrected chi connectivity index (χ3v) is 5.45. The van der Waals surface area contributed by atoms with Crippen LogP contribution in [-0.4, -0.2) is 47.0 Å². The van der Waals surface area contributed by atoms with E-state index in [9.17, 15) is 4.79 Å². The van der Waals surface area contributed by atoms with E-state index >= 15 is 0 Å².